The Labute approximate surface area is 232 Å². The lowest BCUT2D eigenvalue weighted by atomic mass is 10.1. The molecule has 2 aliphatic heterocycles. The quantitative estimate of drug-likeness (QED) is 0.384. The number of carbonyl (C=O) groups excluding carboxylic acids is 1. The minimum absolute atomic E-state index is 0.248. The van der Waals surface area contributed by atoms with Crippen LogP contribution in [0.1, 0.15) is 25.3 Å². The lowest BCUT2D eigenvalue weighted by molar-refractivity contribution is -0.190. The van der Waals surface area contributed by atoms with Gasteiger partial charge in [-0.1, -0.05) is 36.2 Å². The lowest BCUT2D eigenvalue weighted by Crippen LogP contribution is -2.48. The van der Waals surface area contributed by atoms with Gasteiger partial charge < -0.3 is 24.0 Å². The number of hydrogen-bond acceptors (Lipinski definition) is 7. The lowest BCUT2D eigenvalue weighted by Gasteiger charge is -2.36. The summed E-state index contributed by atoms with van der Waals surface area (Å²) in [7, 11) is 0. The summed E-state index contributed by atoms with van der Waals surface area (Å²) >= 11 is 12.6. The summed E-state index contributed by atoms with van der Waals surface area (Å²) in [5, 5.41) is 5.19. The molecular weight excluding hydrogens is 529 g/mol. The standard InChI is InChI=1S/C27H31Cl2N5O4/c1-2-3-26(35)33-12-10-32(11-13-33)21-5-7-22(8-6-21)36-15-23-16-37-27(38-23,17-34-19-30-18-31-34)24-9-4-20(28)14-25(24)29/h4-9,14,18-19,23H,2-3,10-13,15-17H2,1H3/t23-,27-/m1/s1. The normalized spacial score (nSPS) is 21.6. The Balaban J connectivity index is 1.19. The predicted octanol–water partition coefficient (Wildman–Crippen LogP) is 4.38. The number of carbonyl (C=O) groups is 1. The number of anilines is 1. The molecule has 0 saturated carbocycles. The van der Waals surface area contributed by atoms with Crippen LogP contribution in [0.25, 0.3) is 0 Å². The van der Waals surface area contributed by atoms with E-state index in [0.717, 1.165) is 44.0 Å². The Kier molecular flexibility index (Phi) is 8.38. The van der Waals surface area contributed by atoms with Crippen molar-refractivity contribution >= 4 is 34.8 Å². The van der Waals surface area contributed by atoms with Crippen LogP contribution >= 0.6 is 23.2 Å². The third-order valence-electron chi connectivity index (χ3n) is 6.77. The summed E-state index contributed by atoms with van der Waals surface area (Å²) in [4.78, 5) is 20.4. The fraction of sp³-hybridized carbons (Fsp3) is 0.444. The first-order chi connectivity index (χ1) is 18.5. The molecule has 11 heteroatoms. The van der Waals surface area contributed by atoms with Crippen LogP contribution in [0.15, 0.2) is 55.1 Å². The molecule has 0 N–H and O–H groups in total. The van der Waals surface area contributed by atoms with Gasteiger partial charge in [0.15, 0.2) is 0 Å². The number of piperazine rings is 1. The molecule has 2 saturated heterocycles. The molecule has 3 heterocycles. The molecule has 2 aliphatic rings. The van der Waals surface area contributed by atoms with E-state index in [1.165, 1.54) is 6.33 Å². The van der Waals surface area contributed by atoms with Gasteiger partial charge in [-0.15, -0.1) is 0 Å². The highest BCUT2D eigenvalue weighted by Gasteiger charge is 2.45. The molecule has 2 atom stereocenters. The van der Waals surface area contributed by atoms with Crippen LogP contribution in [-0.4, -0.2) is 71.1 Å². The third kappa shape index (κ3) is 6.07. The first kappa shape index (κ1) is 26.7. The van der Waals surface area contributed by atoms with Gasteiger partial charge in [-0.25, -0.2) is 9.67 Å². The van der Waals surface area contributed by atoms with Gasteiger partial charge in [-0.2, -0.15) is 5.10 Å². The molecule has 0 unspecified atom stereocenters. The predicted molar refractivity (Wildman–Crippen MR) is 145 cm³/mol. The molecule has 0 spiro atoms. The van der Waals surface area contributed by atoms with Crippen molar-refractivity contribution in [3.63, 3.8) is 0 Å². The minimum atomic E-state index is -1.14. The molecule has 2 aromatic carbocycles. The Morgan fingerprint density at radius 3 is 2.61 bits per heavy atom. The zero-order chi connectivity index (χ0) is 26.5. The molecule has 5 rings (SSSR count). The van der Waals surface area contributed by atoms with Crippen LogP contribution in [0.5, 0.6) is 5.75 Å². The van der Waals surface area contributed by atoms with Gasteiger partial charge in [0, 0.05) is 48.9 Å². The Morgan fingerprint density at radius 1 is 1.13 bits per heavy atom. The number of nitrogens with zero attached hydrogens (tertiary/aromatic N) is 5. The maximum absolute atomic E-state index is 12.1. The first-order valence-electron chi connectivity index (χ1n) is 12.8. The van der Waals surface area contributed by atoms with E-state index >= 15 is 0 Å². The average Bonchev–Trinajstić information content (AvgIpc) is 3.59. The maximum Gasteiger partial charge on any atom is 0.222 e. The van der Waals surface area contributed by atoms with Crippen molar-refractivity contribution in [3.8, 4) is 5.75 Å². The molecule has 202 valence electrons. The zero-order valence-corrected chi connectivity index (χ0v) is 22.8. The molecule has 0 radical (unpaired) electrons. The molecule has 1 aromatic heterocycles. The fourth-order valence-electron chi connectivity index (χ4n) is 4.81. The zero-order valence-electron chi connectivity index (χ0n) is 21.3. The minimum Gasteiger partial charge on any atom is -0.491 e. The monoisotopic (exact) mass is 559 g/mol. The second-order valence-electron chi connectivity index (χ2n) is 9.44. The summed E-state index contributed by atoms with van der Waals surface area (Å²) < 4.78 is 20.3. The summed E-state index contributed by atoms with van der Waals surface area (Å²) in [5.41, 5.74) is 1.78. The van der Waals surface area contributed by atoms with E-state index in [-0.39, 0.29) is 18.6 Å². The summed E-state index contributed by atoms with van der Waals surface area (Å²) in [6.07, 6.45) is 4.25. The van der Waals surface area contributed by atoms with E-state index in [1.54, 1.807) is 23.1 Å². The van der Waals surface area contributed by atoms with Crippen LogP contribution in [0, 0.1) is 0 Å². The second-order valence-corrected chi connectivity index (χ2v) is 10.3. The van der Waals surface area contributed by atoms with Crippen molar-refractivity contribution in [1.82, 2.24) is 19.7 Å². The van der Waals surface area contributed by atoms with Crippen LogP contribution in [0.4, 0.5) is 5.69 Å². The topological polar surface area (TPSA) is 82.0 Å². The van der Waals surface area contributed by atoms with Crippen LogP contribution < -0.4 is 9.64 Å². The Morgan fingerprint density at radius 2 is 1.92 bits per heavy atom. The number of amides is 1. The maximum atomic E-state index is 12.1. The Bertz CT molecular complexity index is 1220. The first-order valence-corrected chi connectivity index (χ1v) is 13.6. The molecule has 38 heavy (non-hydrogen) atoms. The smallest absolute Gasteiger partial charge is 0.222 e. The summed E-state index contributed by atoms with van der Waals surface area (Å²) in [5.74, 6) is -0.154. The fourth-order valence-corrected chi connectivity index (χ4v) is 5.36. The average molecular weight is 560 g/mol. The highest BCUT2D eigenvalue weighted by Crippen LogP contribution is 2.40. The van der Waals surface area contributed by atoms with Crippen molar-refractivity contribution in [2.24, 2.45) is 0 Å². The molecule has 0 bridgehead atoms. The van der Waals surface area contributed by atoms with Crippen molar-refractivity contribution in [3.05, 3.63) is 70.7 Å². The van der Waals surface area contributed by atoms with Gasteiger partial charge in [0.25, 0.3) is 0 Å². The molecular formula is C27H31Cl2N5O4. The molecule has 2 fully saturated rings. The van der Waals surface area contributed by atoms with Crippen molar-refractivity contribution < 1.29 is 19.0 Å². The van der Waals surface area contributed by atoms with Crippen LogP contribution in [-0.2, 0) is 26.6 Å². The molecule has 9 nitrogen and oxygen atoms in total. The van der Waals surface area contributed by atoms with Gasteiger partial charge in [-0.05, 0) is 42.8 Å². The van der Waals surface area contributed by atoms with Crippen molar-refractivity contribution in [1.29, 1.82) is 0 Å². The van der Waals surface area contributed by atoms with E-state index in [1.807, 2.05) is 42.2 Å². The number of ether oxygens (including phenoxy) is 3. The van der Waals surface area contributed by atoms with E-state index in [9.17, 15) is 4.79 Å². The second kappa shape index (κ2) is 11.9. The van der Waals surface area contributed by atoms with Gasteiger partial charge in [0.1, 0.15) is 37.7 Å². The van der Waals surface area contributed by atoms with Crippen molar-refractivity contribution in [2.75, 3.05) is 44.3 Å². The largest absolute Gasteiger partial charge is 0.491 e. The van der Waals surface area contributed by atoms with Gasteiger partial charge >= 0.3 is 0 Å². The van der Waals surface area contributed by atoms with E-state index < -0.39 is 5.79 Å². The number of rotatable bonds is 9. The molecule has 1 amide bonds. The van der Waals surface area contributed by atoms with Gasteiger partial charge in [0.2, 0.25) is 11.7 Å². The third-order valence-corrected chi connectivity index (χ3v) is 7.32. The van der Waals surface area contributed by atoms with Gasteiger partial charge in [-0.3, -0.25) is 4.79 Å². The highest BCUT2D eigenvalue weighted by atomic mass is 35.5. The summed E-state index contributed by atoms with van der Waals surface area (Å²) in [6.45, 7) is 6.10. The molecule has 0 aliphatic carbocycles. The van der Waals surface area contributed by atoms with E-state index in [4.69, 9.17) is 37.4 Å². The van der Waals surface area contributed by atoms with Crippen molar-refractivity contribution in [2.45, 2.75) is 38.2 Å². The Hall–Kier alpha value is -2.85. The van der Waals surface area contributed by atoms with E-state index in [2.05, 4.69) is 15.0 Å². The van der Waals surface area contributed by atoms with Crippen LogP contribution in [0.3, 0.4) is 0 Å². The summed E-state index contributed by atoms with van der Waals surface area (Å²) in [6, 6.07) is 13.2. The number of benzene rings is 2. The highest BCUT2D eigenvalue weighted by molar-refractivity contribution is 6.35. The van der Waals surface area contributed by atoms with Gasteiger partial charge in [0.05, 0.1) is 11.6 Å². The van der Waals surface area contributed by atoms with E-state index in [0.29, 0.717) is 35.2 Å². The number of halogens is 2. The van der Waals surface area contributed by atoms with Crippen LogP contribution in [0.2, 0.25) is 10.0 Å². The number of aromatic nitrogens is 3. The molecule has 3 aromatic rings. The number of hydrogen-bond donors (Lipinski definition) is 0. The SMILES string of the molecule is CCCC(=O)N1CCN(c2ccc(OC[C@@H]3CO[C@@](Cn4cncn4)(c4ccc(Cl)cc4Cl)O3)cc2)CC1.